The molecule has 0 unspecified atom stereocenters. The summed E-state index contributed by atoms with van der Waals surface area (Å²) >= 11 is 0. The maximum absolute atomic E-state index is 13.9. The highest BCUT2D eigenvalue weighted by Gasteiger charge is 2.30. The average Bonchev–Trinajstić information content (AvgIpc) is 2.38. The van der Waals surface area contributed by atoms with Gasteiger partial charge in [0, 0.05) is 13.1 Å². The second-order valence-electron chi connectivity index (χ2n) is 5.15. The molecule has 0 spiro atoms. The van der Waals surface area contributed by atoms with Gasteiger partial charge in [0.05, 0.1) is 0 Å². The van der Waals surface area contributed by atoms with Crippen LogP contribution >= 0.6 is 0 Å². The van der Waals surface area contributed by atoms with Gasteiger partial charge >= 0.3 is 7.12 Å². The van der Waals surface area contributed by atoms with Gasteiger partial charge < -0.3 is 10.0 Å². The van der Waals surface area contributed by atoms with Gasteiger partial charge in [-0.1, -0.05) is 13.0 Å². The molecule has 0 saturated carbocycles. The van der Waals surface area contributed by atoms with Crippen LogP contribution in [0, 0.1) is 11.7 Å². The van der Waals surface area contributed by atoms with E-state index >= 15 is 0 Å². The molecule has 1 aromatic rings. The summed E-state index contributed by atoms with van der Waals surface area (Å²) < 4.78 is 39.9. The highest BCUT2D eigenvalue weighted by atomic mass is 32.2. The number of piperidine rings is 1. The molecule has 1 aliphatic heterocycles. The predicted molar refractivity (Wildman–Crippen MR) is 73.4 cm³/mol. The maximum Gasteiger partial charge on any atom is 0.488 e. The van der Waals surface area contributed by atoms with E-state index in [1.54, 1.807) is 0 Å². The van der Waals surface area contributed by atoms with Gasteiger partial charge in [-0.3, -0.25) is 0 Å². The molecule has 0 aliphatic carbocycles. The van der Waals surface area contributed by atoms with Gasteiger partial charge in [-0.25, -0.2) is 12.8 Å². The minimum atomic E-state index is -3.86. The lowest BCUT2D eigenvalue weighted by Gasteiger charge is -2.29. The Morgan fingerprint density at radius 3 is 2.40 bits per heavy atom. The fraction of sp³-hybridized carbons (Fsp3) is 0.500. The van der Waals surface area contributed by atoms with Gasteiger partial charge in [0.15, 0.2) is 0 Å². The van der Waals surface area contributed by atoms with Crippen LogP contribution in [0.4, 0.5) is 4.39 Å². The van der Waals surface area contributed by atoms with Crippen LogP contribution < -0.4 is 5.46 Å². The number of hydrogen-bond donors (Lipinski definition) is 2. The lowest BCUT2D eigenvalue weighted by molar-refractivity contribution is 0.287. The first-order valence-corrected chi connectivity index (χ1v) is 7.92. The first-order valence-electron chi connectivity index (χ1n) is 6.48. The summed E-state index contributed by atoms with van der Waals surface area (Å²) in [4.78, 5) is -0.420. The number of sulfonamides is 1. The van der Waals surface area contributed by atoms with Crippen molar-refractivity contribution in [2.75, 3.05) is 13.1 Å². The van der Waals surface area contributed by atoms with Gasteiger partial charge in [-0.2, -0.15) is 4.31 Å². The number of hydrogen-bond acceptors (Lipinski definition) is 4. The van der Waals surface area contributed by atoms with Gasteiger partial charge in [0.25, 0.3) is 0 Å². The molecule has 2 rings (SSSR count). The van der Waals surface area contributed by atoms with E-state index in [4.69, 9.17) is 10.0 Å². The van der Waals surface area contributed by atoms with E-state index < -0.39 is 27.9 Å². The van der Waals surface area contributed by atoms with Crippen molar-refractivity contribution in [2.45, 2.75) is 24.7 Å². The lowest BCUT2D eigenvalue weighted by atomic mass is 9.80. The standard InChI is InChI=1S/C12H17BFNO4S/c1-9-4-6-15(7-5-9)20(18,19)12-3-2-10(13(16)17)8-11(12)14/h2-3,8-9,16-17H,4-7H2,1H3. The van der Waals surface area contributed by atoms with Gasteiger partial charge in [0.1, 0.15) is 10.7 Å². The van der Waals surface area contributed by atoms with Crippen LogP contribution in [-0.4, -0.2) is 43.0 Å². The van der Waals surface area contributed by atoms with Crippen molar-refractivity contribution in [3.63, 3.8) is 0 Å². The molecule has 0 amide bonds. The zero-order chi connectivity index (χ0) is 14.9. The van der Waals surface area contributed by atoms with Crippen molar-refractivity contribution in [3.8, 4) is 0 Å². The summed E-state index contributed by atoms with van der Waals surface area (Å²) in [5.74, 6) is -0.493. The second kappa shape index (κ2) is 5.81. The summed E-state index contributed by atoms with van der Waals surface area (Å²) in [6.45, 7) is 2.82. The highest BCUT2D eigenvalue weighted by Crippen LogP contribution is 2.24. The molecule has 1 aliphatic rings. The third kappa shape index (κ3) is 3.03. The largest absolute Gasteiger partial charge is 0.488 e. The van der Waals surface area contributed by atoms with Crippen LogP contribution in [0.25, 0.3) is 0 Å². The van der Waals surface area contributed by atoms with Gasteiger partial charge in [0.2, 0.25) is 10.0 Å². The third-order valence-corrected chi connectivity index (χ3v) is 5.55. The van der Waals surface area contributed by atoms with E-state index in [0.29, 0.717) is 19.0 Å². The van der Waals surface area contributed by atoms with Gasteiger partial charge in [-0.15, -0.1) is 0 Å². The molecule has 20 heavy (non-hydrogen) atoms. The molecule has 110 valence electrons. The van der Waals surface area contributed by atoms with E-state index in [2.05, 4.69) is 6.92 Å². The Morgan fingerprint density at radius 2 is 1.90 bits per heavy atom. The van der Waals surface area contributed by atoms with E-state index in [0.717, 1.165) is 25.0 Å². The van der Waals surface area contributed by atoms with Crippen molar-refractivity contribution in [2.24, 2.45) is 5.92 Å². The van der Waals surface area contributed by atoms with Crippen molar-refractivity contribution >= 4 is 22.6 Å². The van der Waals surface area contributed by atoms with Crippen LogP contribution in [0.3, 0.4) is 0 Å². The van der Waals surface area contributed by atoms with Crippen molar-refractivity contribution < 1.29 is 22.9 Å². The average molecular weight is 301 g/mol. The molecule has 0 aromatic heterocycles. The summed E-state index contributed by atoms with van der Waals surface area (Å²) in [7, 11) is -5.69. The Balaban J connectivity index is 2.30. The first-order chi connectivity index (χ1) is 9.32. The number of benzene rings is 1. The molecule has 1 aromatic carbocycles. The summed E-state index contributed by atoms with van der Waals surface area (Å²) in [6.07, 6.45) is 1.52. The number of rotatable bonds is 3. The summed E-state index contributed by atoms with van der Waals surface area (Å²) in [5.41, 5.74) is -0.0753. The van der Waals surface area contributed by atoms with Crippen molar-refractivity contribution in [1.29, 1.82) is 0 Å². The van der Waals surface area contributed by atoms with Crippen LogP contribution in [0.1, 0.15) is 19.8 Å². The van der Waals surface area contributed by atoms with Crippen LogP contribution in [-0.2, 0) is 10.0 Å². The number of halogens is 1. The quantitative estimate of drug-likeness (QED) is 0.766. The Morgan fingerprint density at radius 1 is 1.30 bits per heavy atom. The molecule has 1 fully saturated rings. The molecule has 2 N–H and O–H groups in total. The summed E-state index contributed by atoms with van der Waals surface area (Å²) in [6, 6.07) is 3.12. The topological polar surface area (TPSA) is 77.8 Å². The van der Waals surface area contributed by atoms with E-state index in [1.165, 1.54) is 10.4 Å². The SMILES string of the molecule is CC1CCN(S(=O)(=O)c2ccc(B(O)O)cc2F)CC1. The fourth-order valence-corrected chi connectivity index (χ4v) is 3.77. The summed E-state index contributed by atoms with van der Waals surface area (Å²) in [5, 5.41) is 17.9. The fourth-order valence-electron chi connectivity index (χ4n) is 2.25. The normalized spacial score (nSPS) is 18.2. The zero-order valence-electron chi connectivity index (χ0n) is 11.2. The molecular formula is C12H17BFNO4S. The molecule has 0 radical (unpaired) electrons. The van der Waals surface area contributed by atoms with Crippen LogP contribution in [0.5, 0.6) is 0 Å². The first kappa shape index (κ1) is 15.4. The van der Waals surface area contributed by atoms with E-state index in [1.807, 2.05) is 0 Å². The third-order valence-electron chi connectivity index (χ3n) is 3.61. The highest BCUT2D eigenvalue weighted by molar-refractivity contribution is 7.89. The minimum Gasteiger partial charge on any atom is -0.423 e. The molecule has 0 atom stereocenters. The molecule has 0 bridgehead atoms. The zero-order valence-corrected chi connectivity index (χ0v) is 12.0. The Kier molecular flexibility index (Phi) is 4.48. The van der Waals surface area contributed by atoms with Crippen LogP contribution in [0.15, 0.2) is 23.1 Å². The molecule has 8 heteroatoms. The Bertz CT molecular complexity index is 585. The smallest absolute Gasteiger partial charge is 0.423 e. The maximum atomic E-state index is 13.9. The second-order valence-corrected chi connectivity index (χ2v) is 7.06. The number of nitrogens with zero attached hydrogens (tertiary/aromatic N) is 1. The van der Waals surface area contributed by atoms with Crippen molar-refractivity contribution in [1.82, 2.24) is 4.31 Å². The molecule has 5 nitrogen and oxygen atoms in total. The molecule has 1 heterocycles. The molecular weight excluding hydrogens is 284 g/mol. The van der Waals surface area contributed by atoms with E-state index in [-0.39, 0.29) is 5.46 Å². The molecule has 1 saturated heterocycles. The van der Waals surface area contributed by atoms with E-state index in [9.17, 15) is 12.8 Å². The minimum absolute atomic E-state index is 0.0753. The van der Waals surface area contributed by atoms with Crippen molar-refractivity contribution in [3.05, 3.63) is 24.0 Å². The Labute approximate surface area is 118 Å². The monoisotopic (exact) mass is 301 g/mol. The van der Waals surface area contributed by atoms with Gasteiger partial charge in [-0.05, 0) is 36.4 Å². The van der Waals surface area contributed by atoms with Crippen LogP contribution in [0.2, 0.25) is 0 Å². The Hall–Kier alpha value is -0.955. The lowest BCUT2D eigenvalue weighted by Crippen LogP contribution is -2.38. The predicted octanol–water partition coefficient (Wildman–Crippen LogP) is -0.0739.